The zero-order valence-corrected chi connectivity index (χ0v) is 8.56. The van der Waals surface area contributed by atoms with Gasteiger partial charge in [0.25, 0.3) is 0 Å². The van der Waals surface area contributed by atoms with Crippen molar-refractivity contribution in [3.63, 3.8) is 0 Å². The third kappa shape index (κ3) is 0.848. The summed E-state index contributed by atoms with van der Waals surface area (Å²) >= 11 is 0. The van der Waals surface area contributed by atoms with Crippen LogP contribution in [-0.4, -0.2) is 0 Å². The first-order valence-electron chi connectivity index (χ1n) is 5.38. The number of allylic oxidation sites excluding steroid dienone is 1. The number of nitrogen functional groups attached to an aromatic ring is 1. The Labute approximate surface area is 84.6 Å². The molecule has 0 aliphatic heterocycles. The number of rotatable bonds is 0. The molecule has 0 saturated heterocycles. The van der Waals surface area contributed by atoms with Crippen LogP contribution in [0.5, 0.6) is 0 Å². The van der Waals surface area contributed by atoms with Gasteiger partial charge in [0.1, 0.15) is 0 Å². The predicted molar refractivity (Wildman–Crippen MR) is 60.4 cm³/mol. The molecule has 1 aromatic rings. The van der Waals surface area contributed by atoms with Crippen LogP contribution < -0.4 is 5.73 Å². The lowest BCUT2D eigenvalue weighted by Gasteiger charge is -2.14. The zero-order chi connectivity index (χ0) is 9.71. The molecule has 0 amide bonds. The Morgan fingerprint density at radius 3 is 2.79 bits per heavy atom. The minimum Gasteiger partial charge on any atom is -0.398 e. The van der Waals surface area contributed by atoms with E-state index < -0.39 is 0 Å². The van der Waals surface area contributed by atoms with Crippen molar-refractivity contribution in [3.8, 4) is 0 Å². The number of benzene rings is 1. The van der Waals surface area contributed by atoms with Gasteiger partial charge in [0, 0.05) is 5.69 Å². The molecular weight excluding hydrogens is 170 g/mol. The summed E-state index contributed by atoms with van der Waals surface area (Å²) in [5, 5.41) is 0. The average Bonchev–Trinajstić information content (AvgIpc) is 2.82. The van der Waals surface area contributed by atoms with Gasteiger partial charge >= 0.3 is 0 Å². The van der Waals surface area contributed by atoms with Crippen molar-refractivity contribution < 1.29 is 0 Å². The first-order chi connectivity index (χ1) is 6.79. The van der Waals surface area contributed by atoms with Gasteiger partial charge in [-0.3, -0.25) is 0 Å². The molecule has 0 unspecified atom stereocenters. The van der Waals surface area contributed by atoms with E-state index in [2.05, 4.69) is 19.1 Å². The van der Waals surface area contributed by atoms with E-state index in [0.29, 0.717) is 0 Å². The fourth-order valence-electron chi connectivity index (χ4n) is 2.91. The van der Waals surface area contributed by atoms with E-state index in [1.807, 2.05) is 0 Å². The van der Waals surface area contributed by atoms with Crippen molar-refractivity contribution in [2.75, 3.05) is 5.73 Å². The quantitative estimate of drug-likeness (QED) is 0.618. The molecule has 2 aliphatic rings. The number of anilines is 1. The monoisotopic (exact) mass is 185 g/mol. The third-order valence-corrected chi connectivity index (χ3v) is 3.66. The summed E-state index contributed by atoms with van der Waals surface area (Å²) in [6.45, 7) is 2.25. The number of nitrogens with two attached hydrogens (primary N) is 1. The van der Waals surface area contributed by atoms with E-state index in [1.54, 1.807) is 0 Å². The van der Waals surface area contributed by atoms with Crippen molar-refractivity contribution in [3.05, 3.63) is 33.9 Å². The fraction of sp³-hybridized carbons (Fsp3) is 0.385. The summed E-state index contributed by atoms with van der Waals surface area (Å²) < 4.78 is 0. The molecule has 3 rings (SSSR count). The van der Waals surface area contributed by atoms with Crippen molar-refractivity contribution in [2.24, 2.45) is 0 Å². The van der Waals surface area contributed by atoms with E-state index in [4.69, 9.17) is 5.73 Å². The van der Waals surface area contributed by atoms with Crippen LogP contribution in [0, 0.1) is 6.92 Å². The van der Waals surface area contributed by atoms with Gasteiger partial charge in [0.15, 0.2) is 0 Å². The summed E-state index contributed by atoms with van der Waals surface area (Å²) in [6.07, 6.45) is 9.20. The Bertz CT molecular complexity index is 438. The minimum absolute atomic E-state index is 1.04. The topological polar surface area (TPSA) is 26.0 Å². The van der Waals surface area contributed by atoms with Crippen LogP contribution in [0.1, 0.15) is 34.2 Å². The second-order valence-electron chi connectivity index (χ2n) is 4.35. The summed E-state index contributed by atoms with van der Waals surface area (Å²) in [5.74, 6) is 0. The Morgan fingerprint density at radius 2 is 1.93 bits per heavy atom. The molecule has 0 fully saturated rings. The van der Waals surface area contributed by atoms with E-state index in [0.717, 1.165) is 12.1 Å². The van der Waals surface area contributed by atoms with Crippen LogP contribution in [-0.2, 0) is 19.3 Å². The normalized spacial score (nSPS) is 17.2. The molecule has 2 aliphatic carbocycles. The SMILES string of the molecule is Cc1c2c(c(N)c3c1CCC3)CC=C2. The lowest BCUT2D eigenvalue weighted by molar-refractivity contribution is 0.909. The molecule has 0 atom stereocenters. The van der Waals surface area contributed by atoms with Gasteiger partial charge in [-0.05, 0) is 60.4 Å². The van der Waals surface area contributed by atoms with Gasteiger partial charge in [-0.15, -0.1) is 0 Å². The standard InChI is InChI=1S/C13H15N/c1-8-9-4-2-6-11(9)13(14)12-7-3-5-10(8)12/h2,4H,3,5-7,14H2,1H3. The number of hydrogen-bond acceptors (Lipinski definition) is 1. The predicted octanol–water partition coefficient (Wildman–Crippen LogP) is 2.64. The largest absolute Gasteiger partial charge is 0.398 e. The maximum atomic E-state index is 6.21. The van der Waals surface area contributed by atoms with Crippen LogP contribution in [0.3, 0.4) is 0 Å². The second kappa shape index (κ2) is 2.63. The first kappa shape index (κ1) is 8.10. The Kier molecular flexibility index (Phi) is 1.52. The van der Waals surface area contributed by atoms with Crippen LogP contribution in [0.2, 0.25) is 0 Å². The molecule has 14 heavy (non-hydrogen) atoms. The highest BCUT2D eigenvalue weighted by Gasteiger charge is 2.23. The van der Waals surface area contributed by atoms with Crippen molar-refractivity contribution in [1.82, 2.24) is 0 Å². The molecule has 0 bridgehead atoms. The minimum atomic E-state index is 1.04. The molecular formula is C13H15N. The van der Waals surface area contributed by atoms with Crippen LogP contribution in [0.4, 0.5) is 5.69 Å². The van der Waals surface area contributed by atoms with Crippen molar-refractivity contribution in [2.45, 2.75) is 32.6 Å². The molecule has 1 nitrogen and oxygen atoms in total. The number of fused-ring (bicyclic) bond motifs is 2. The maximum absolute atomic E-state index is 6.21. The van der Waals surface area contributed by atoms with Crippen LogP contribution >= 0.6 is 0 Å². The van der Waals surface area contributed by atoms with Gasteiger partial charge in [0.2, 0.25) is 0 Å². The summed E-state index contributed by atoms with van der Waals surface area (Å²) in [4.78, 5) is 0. The lowest BCUT2D eigenvalue weighted by Crippen LogP contribution is -2.03. The molecule has 1 heteroatoms. The molecule has 0 heterocycles. The molecule has 0 radical (unpaired) electrons. The summed E-state index contributed by atoms with van der Waals surface area (Å²) in [5.41, 5.74) is 14.6. The van der Waals surface area contributed by atoms with Crippen LogP contribution in [0.25, 0.3) is 6.08 Å². The van der Waals surface area contributed by atoms with E-state index in [9.17, 15) is 0 Å². The van der Waals surface area contributed by atoms with Gasteiger partial charge in [-0.25, -0.2) is 0 Å². The maximum Gasteiger partial charge on any atom is 0.0391 e. The lowest BCUT2D eigenvalue weighted by atomic mass is 9.93. The second-order valence-corrected chi connectivity index (χ2v) is 4.35. The Balaban J connectivity index is 2.37. The first-order valence-corrected chi connectivity index (χ1v) is 5.38. The Hall–Kier alpha value is -1.24. The fourth-order valence-corrected chi connectivity index (χ4v) is 2.91. The molecule has 0 saturated carbocycles. The van der Waals surface area contributed by atoms with E-state index >= 15 is 0 Å². The summed E-state index contributed by atoms with van der Waals surface area (Å²) in [6, 6.07) is 0. The van der Waals surface area contributed by atoms with Gasteiger partial charge < -0.3 is 5.73 Å². The zero-order valence-electron chi connectivity index (χ0n) is 8.56. The van der Waals surface area contributed by atoms with E-state index in [-0.39, 0.29) is 0 Å². The summed E-state index contributed by atoms with van der Waals surface area (Å²) in [7, 11) is 0. The highest BCUT2D eigenvalue weighted by molar-refractivity contribution is 5.75. The van der Waals surface area contributed by atoms with Gasteiger partial charge in [0.05, 0.1) is 0 Å². The Morgan fingerprint density at radius 1 is 1.14 bits per heavy atom. The highest BCUT2D eigenvalue weighted by atomic mass is 14.6. The average molecular weight is 185 g/mol. The molecule has 1 aromatic carbocycles. The highest BCUT2D eigenvalue weighted by Crippen LogP contribution is 2.38. The van der Waals surface area contributed by atoms with Crippen LogP contribution in [0.15, 0.2) is 6.08 Å². The smallest absolute Gasteiger partial charge is 0.0391 e. The molecule has 0 aromatic heterocycles. The molecule has 72 valence electrons. The van der Waals surface area contributed by atoms with E-state index in [1.165, 1.54) is 47.1 Å². The van der Waals surface area contributed by atoms with Crippen molar-refractivity contribution in [1.29, 1.82) is 0 Å². The van der Waals surface area contributed by atoms with Gasteiger partial charge in [-0.1, -0.05) is 12.2 Å². The molecule has 0 spiro atoms. The van der Waals surface area contributed by atoms with Crippen molar-refractivity contribution >= 4 is 11.8 Å². The number of hydrogen-bond donors (Lipinski definition) is 1. The van der Waals surface area contributed by atoms with Gasteiger partial charge in [-0.2, -0.15) is 0 Å². The third-order valence-electron chi connectivity index (χ3n) is 3.66. The molecule has 2 N–H and O–H groups in total.